The molecule has 0 saturated heterocycles. The average Bonchev–Trinajstić information content (AvgIpc) is 3.27. The molecule has 0 aromatic rings. The van der Waals surface area contributed by atoms with E-state index in [-0.39, 0.29) is 31.1 Å². The Kier molecular flexibility index (Phi) is 49.8. The third-order valence-corrected chi connectivity index (χ3v) is 12.2. The van der Waals surface area contributed by atoms with Crippen molar-refractivity contribution in [2.45, 2.75) is 303 Å². The van der Waals surface area contributed by atoms with E-state index in [2.05, 4.69) is 45.1 Å². The van der Waals surface area contributed by atoms with Crippen LogP contribution in [-0.2, 0) is 28.6 Å². The van der Waals surface area contributed by atoms with E-state index < -0.39 is 6.10 Å². The lowest BCUT2D eigenvalue weighted by atomic mass is 10.1. The van der Waals surface area contributed by atoms with Crippen LogP contribution in [0.25, 0.3) is 0 Å². The minimum Gasteiger partial charge on any atom is -0.462 e. The summed E-state index contributed by atoms with van der Waals surface area (Å²) in [6.07, 6.45) is 58.8. The fraction of sp³-hybridized carbons (Fsp3) is 0.875. The maximum absolute atomic E-state index is 12.8. The summed E-state index contributed by atoms with van der Waals surface area (Å²) >= 11 is 0. The Morgan fingerprint density at radius 3 is 0.823 bits per heavy atom. The number of carbonyl (C=O) groups excluding carboxylic acids is 3. The summed E-state index contributed by atoms with van der Waals surface area (Å²) in [5.41, 5.74) is 0. The van der Waals surface area contributed by atoms with Gasteiger partial charge in [-0.3, -0.25) is 14.4 Å². The van der Waals surface area contributed by atoms with Gasteiger partial charge in [-0.25, -0.2) is 0 Å². The number of esters is 3. The van der Waals surface area contributed by atoms with Gasteiger partial charge in [0.15, 0.2) is 6.10 Å². The molecule has 6 heteroatoms. The van der Waals surface area contributed by atoms with Crippen LogP contribution < -0.4 is 0 Å². The average molecular weight is 873 g/mol. The number of hydrogen-bond acceptors (Lipinski definition) is 6. The molecule has 0 aliphatic heterocycles. The molecule has 0 spiro atoms. The Bertz CT molecular complexity index is 1000. The van der Waals surface area contributed by atoms with Crippen LogP contribution in [0.1, 0.15) is 297 Å². The van der Waals surface area contributed by atoms with Crippen LogP contribution in [0.4, 0.5) is 0 Å². The summed E-state index contributed by atoms with van der Waals surface area (Å²) in [6, 6.07) is 0. The van der Waals surface area contributed by atoms with Crippen LogP contribution in [0, 0.1) is 0 Å². The summed E-state index contributed by atoms with van der Waals surface area (Å²) in [5.74, 6) is -0.882. The Balaban J connectivity index is 4.31. The first-order valence-corrected chi connectivity index (χ1v) is 27.3. The van der Waals surface area contributed by atoms with Crippen LogP contribution in [-0.4, -0.2) is 37.2 Å². The van der Waals surface area contributed by atoms with E-state index in [0.29, 0.717) is 19.3 Å². The third-order valence-electron chi connectivity index (χ3n) is 12.2. The second-order valence-electron chi connectivity index (χ2n) is 18.5. The Morgan fingerprint density at radius 2 is 0.532 bits per heavy atom. The lowest BCUT2D eigenvalue weighted by Crippen LogP contribution is -2.30. The van der Waals surface area contributed by atoms with Crippen molar-refractivity contribution < 1.29 is 28.6 Å². The maximum atomic E-state index is 12.8. The molecule has 0 radical (unpaired) electrons. The van der Waals surface area contributed by atoms with Crippen LogP contribution >= 0.6 is 0 Å². The van der Waals surface area contributed by atoms with Crippen molar-refractivity contribution in [2.75, 3.05) is 13.2 Å². The van der Waals surface area contributed by atoms with Crippen LogP contribution in [0.15, 0.2) is 24.3 Å². The Hall–Kier alpha value is -2.11. The SMILES string of the molecule is CCCCCCCCC/C=C\CCCCCC(=O)OC(COC(=O)CCCCCCCCC/C=C\CCCCCCCCCC)COC(=O)CCCCCCCCCCCCC. The zero-order chi connectivity index (χ0) is 45.1. The predicted molar refractivity (Wildman–Crippen MR) is 266 cm³/mol. The number of carbonyl (C=O) groups is 3. The topological polar surface area (TPSA) is 78.9 Å². The first kappa shape index (κ1) is 59.9. The summed E-state index contributed by atoms with van der Waals surface area (Å²) < 4.78 is 16.8. The number of rotatable bonds is 50. The zero-order valence-corrected chi connectivity index (χ0v) is 41.7. The van der Waals surface area contributed by atoms with E-state index in [1.807, 2.05) is 0 Å². The van der Waals surface area contributed by atoms with Gasteiger partial charge in [-0.15, -0.1) is 0 Å². The molecular weight excluding hydrogens is 769 g/mol. The van der Waals surface area contributed by atoms with Crippen molar-refractivity contribution in [3.8, 4) is 0 Å². The highest BCUT2D eigenvalue weighted by molar-refractivity contribution is 5.71. The van der Waals surface area contributed by atoms with Gasteiger partial charge in [-0.1, -0.05) is 231 Å². The summed E-state index contributed by atoms with van der Waals surface area (Å²) in [4.78, 5) is 38.0. The second-order valence-corrected chi connectivity index (χ2v) is 18.5. The van der Waals surface area contributed by atoms with Gasteiger partial charge in [-0.05, 0) is 70.6 Å². The summed E-state index contributed by atoms with van der Waals surface area (Å²) in [5, 5.41) is 0. The van der Waals surface area contributed by atoms with Crippen molar-refractivity contribution >= 4 is 17.9 Å². The molecule has 0 aromatic carbocycles. The van der Waals surface area contributed by atoms with E-state index in [0.717, 1.165) is 70.6 Å². The summed E-state index contributed by atoms with van der Waals surface area (Å²) in [7, 11) is 0. The molecule has 0 rings (SSSR count). The molecule has 0 bridgehead atoms. The number of unbranched alkanes of at least 4 members (excludes halogenated alkanes) is 35. The maximum Gasteiger partial charge on any atom is 0.306 e. The number of ether oxygens (including phenoxy) is 3. The minimum absolute atomic E-state index is 0.0749. The molecule has 0 saturated carbocycles. The molecule has 0 fully saturated rings. The molecule has 0 heterocycles. The highest BCUT2D eigenvalue weighted by Crippen LogP contribution is 2.15. The molecule has 0 aliphatic rings. The van der Waals surface area contributed by atoms with Crippen molar-refractivity contribution in [3.05, 3.63) is 24.3 Å². The third kappa shape index (κ3) is 48.9. The zero-order valence-electron chi connectivity index (χ0n) is 41.7. The monoisotopic (exact) mass is 873 g/mol. The van der Waals surface area contributed by atoms with Gasteiger partial charge in [0.25, 0.3) is 0 Å². The second kappa shape index (κ2) is 51.5. The van der Waals surface area contributed by atoms with Crippen molar-refractivity contribution in [2.24, 2.45) is 0 Å². The molecule has 62 heavy (non-hydrogen) atoms. The molecule has 1 unspecified atom stereocenters. The van der Waals surface area contributed by atoms with Gasteiger partial charge < -0.3 is 14.2 Å². The standard InChI is InChI=1S/C56H104O6/c1-4-7-10-13-16-19-22-24-26-27-28-29-30-32-34-37-40-43-46-49-55(58)61-52-53(51-60-54(57)48-45-42-39-36-33-21-18-15-12-9-6-3)62-56(59)50-47-44-41-38-35-31-25-23-20-17-14-11-8-5-2/h27-28,31,35,53H,4-26,29-30,32-34,36-52H2,1-3H3/b28-27-,35-31-. The molecule has 1 atom stereocenters. The van der Waals surface area contributed by atoms with Gasteiger partial charge in [-0.2, -0.15) is 0 Å². The Morgan fingerprint density at radius 1 is 0.306 bits per heavy atom. The van der Waals surface area contributed by atoms with Gasteiger partial charge >= 0.3 is 17.9 Å². The fourth-order valence-corrected chi connectivity index (χ4v) is 8.02. The van der Waals surface area contributed by atoms with E-state index in [9.17, 15) is 14.4 Å². The van der Waals surface area contributed by atoms with Gasteiger partial charge in [0, 0.05) is 19.3 Å². The van der Waals surface area contributed by atoms with Gasteiger partial charge in [0.1, 0.15) is 13.2 Å². The lowest BCUT2D eigenvalue weighted by molar-refractivity contribution is -0.167. The van der Waals surface area contributed by atoms with E-state index in [1.165, 1.54) is 186 Å². The largest absolute Gasteiger partial charge is 0.462 e. The van der Waals surface area contributed by atoms with Crippen molar-refractivity contribution in [1.82, 2.24) is 0 Å². The van der Waals surface area contributed by atoms with Crippen molar-refractivity contribution in [3.63, 3.8) is 0 Å². The molecule has 0 amide bonds. The van der Waals surface area contributed by atoms with Crippen LogP contribution in [0.5, 0.6) is 0 Å². The summed E-state index contributed by atoms with van der Waals surface area (Å²) in [6.45, 7) is 6.64. The minimum atomic E-state index is -0.776. The predicted octanol–water partition coefficient (Wildman–Crippen LogP) is 17.9. The molecule has 6 nitrogen and oxygen atoms in total. The van der Waals surface area contributed by atoms with E-state index >= 15 is 0 Å². The van der Waals surface area contributed by atoms with E-state index in [4.69, 9.17) is 14.2 Å². The van der Waals surface area contributed by atoms with Crippen molar-refractivity contribution in [1.29, 1.82) is 0 Å². The Labute approximate surface area is 385 Å². The van der Waals surface area contributed by atoms with Gasteiger partial charge in [0.2, 0.25) is 0 Å². The van der Waals surface area contributed by atoms with Crippen LogP contribution in [0.3, 0.4) is 0 Å². The highest BCUT2D eigenvalue weighted by Gasteiger charge is 2.19. The van der Waals surface area contributed by atoms with E-state index in [1.54, 1.807) is 0 Å². The lowest BCUT2D eigenvalue weighted by Gasteiger charge is -2.18. The first-order valence-electron chi connectivity index (χ1n) is 27.3. The molecule has 0 aromatic heterocycles. The van der Waals surface area contributed by atoms with Gasteiger partial charge in [0.05, 0.1) is 0 Å². The molecule has 364 valence electrons. The quantitative estimate of drug-likeness (QED) is 0.0262. The molecular formula is C56H104O6. The number of allylic oxidation sites excluding steroid dienone is 4. The highest BCUT2D eigenvalue weighted by atomic mass is 16.6. The molecule has 0 N–H and O–H groups in total. The normalized spacial score (nSPS) is 12.1. The fourth-order valence-electron chi connectivity index (χ4n) is 8.02. The first-order chi connectivity index (χ1) is 30.5. The van der Waals surface area contributed by atoms with Crippen LogP contribution in [0.2, 0.25) is 0 Å². The molecule has 0 aliphatic carbocycles. The number of hydrogen-bond donors (Lipinski definition) is 0. The smallest absolute Gasteiger partial charge is 0.306 e.